The number of quaternary nitrogens is 1. The number of oxime groups is 1. The normalized spacial score (nSPS) is 17.1. The Kier molecular flexibility index (Phi) is 23.4. The number of amides is 4. The summed E-state index contributed by atoms with van der Waals surface area (Å²) in [4.78, 5) is 95.2. The number of likely N-dealkylation sites (tertiary alicyclic amines) is 1. The Morgan fingerprint density at radius 3 is 1.88 bits per heavy atom. The molecule has 4 aromatic carbocycles. The van der Waals surface area contributed by atoms with Crippen LogP contribution in [-0.4, -0.2) is 148 Å². The third-order valence-electron chi connectivity index (χ3n) is 14.4. The molecule has 0 radical (unpaired) electrons. The van der Waals surface area contributed by atoms with Gasteiger partial charge in [0, 0.05) is 23.8 Å². The summed E-state index contributed by atoms with van der Waals surface area (Å²) in [6, 6.07) is 23.3. The monoisotopic (exact) mass is 1410 g/mol. The topological polar surface area (TPSA) is 267 Å². The average molecular weight is 1410 g/mol. The zero-order valence-electron chi connectivity index (χ0n) is 52.0. The average Bonchev–Trinajstić information content (AvgIpc) is 0.769. The number of halogens is 2. The van der Waals surface area contributed by atoms with E-state index in [9.17, 15) is 33.0 Å². The lowest BCUT2D eigenvalue weighted by atomic mass is 10.0. The number of rotatable bonds is 25. The predicted molar refractivity (Wildman–Crippen MR) is 332 cm³/mol. The van der Waals surface area contributed by atoms with Gasteiger partial charge in [-0.3, -0.25) is 28.8 Å². The molecule has 0 aliphatic carbocycles. The Morgan fingerprint density at radius 2 is 1.32 bits per heavy atom. The number of β-lactam (4-membered cyclic amide) rings is 1. The fourth-order valence-electron chi connectivity index (χ4n) is 9.84. The number of anilines is 1. The second kappa shape index (κ2) is 30.1. The van der Waals surface area contributed by atoms with E-state index in [1.54, 1.807) is 92.2 Å². The predicted octanol–water partition coefficient (Wildman–Crippen LogP) is 5.63. The number of aromatic nitrogens is 1. The molecule has 8 rings (SSSR count). The lowest BCUT2D eigenvalue weighted by molar-refractivity contribution is -0.911. The fraction of sp³-hybridized carbons (Fsp3) is 0.429. The minimum absolute atomic E-state index is 0. The maximum absolute atomic E-state index is 14.7. The lowest BCUT2D eigenvalue weighted by Crippen LogP contribution is -3.00. The van der Waals surface area contributed by atoms with E-state index in [0.29, 0.717) is 58.3 Å². The highest BCUT2D eigenvalue weighted by molar-refractivity contribution is 7.86. The van der Waals surface area contributed by atoms with Gasteiger partial charge in [0.2, 0.25) is 5.60 Å². The van der Waals surface area contributed by atoms with Crippen molar-refractivity contribution >= 4 is 80.3 Å². The number of carbonyl (C=O) groups excluding carboxylic acids is 6. The van der Waals surface area contributed by atoms with Gasteiger partial charge in [-0.2, -0.15) is 0 Å². The lowest BCUT2D eigenvalue weighted by Gasteiger charge is -2.50. The molecule has 1 aromatic heterocycles. The van der Waals surface area contributed by atoms with Crippen molar-refractivity contribution in [1.29, 1.82) is 0 Å². The number of carbonyl (C=O) groups is 6. The third-order valence-corrected chi connectivity index (χ3v) is 17.1. The number of benzene rings is 4. The molecule has 90 heavy (non-hydrogen) atoms. The van der Waals surface area contributed by atoms with Crippen molar-refractivity contribution in [2.75, 3.05) is 65.1 Å². The molecule has 484 valence electrons. The van der Waals surface area contributed by atoms with Crippen LogP contribution in [0.1, 0.15) is 101 Å². The van der Waals surface area contributed by atoms with Gasteiger partial charge in [0.1, 0.15) is 77.6 Å². The van der Waals surface area contributed by atoms with Crippen LogP contribution in [-0.2, 0) is 68.8 Å². The summed E-state index contributed by atoms with van der Waals surface area (Å²) >= 11 is 7.99. The van der Waals surface area contributed by atoms with E-state index in [4.69, 9.17) is 54.3 Å². The van der Waals surface area contributed by atoms with Crippen molar-refractivity contribution < 1.29 is 104 Å². The van der Waals surface area contributed by atoms with Crippen LogP contribution in [0, 0.1) is 0 Å². The molecular weight excluding hydrogens is 1340 g/mol. The van der Waals surface area contributed by atoms with Crippen LogP contribution < -0.4 is 63.6 Å². The summed E-state index contributed by atoms with van der Waals surface area (Å²) in [7, 11) is 2.77. The van der Waals surface area contributed by atoms with Gasteiger partial charge in [0.05, 0.1) is 74.6 Å². The summed E-state index contributed by atoms with van der Waals surface area (Å²) in [6.45, 7) is 14.8. The van der Waals surface area contributed by atoms with Crippen molar-refractivity contribution in [3.63, 3.8) is 0 Å². The summed E-state index contributed by atoms with van der Waals surface area (Å²) in [5.41, 5.74) is -1.43. The quantitative estimate of drug-likeness (QED) is 0.0122. The Hall–Kier alpha value is -7.53. The molecule has 3 aliphatic rings. The second-order valence-electron chi connectivity index (χ2n) is 23.8. The Labute approximate surface area is 551 Å². The summed E-state index contributed by atoms with van der Waals surface area (Å²) in [6.07, 6.45) is 0.789. The van der Waals surface area contributed by atoms with Crippen LogP contribution in [0.25, 0.3) is 0 Å². The molecule has 4 amide bonds. The Morgan fingerprint density at radius 1 is 0.767 bits per heavy atom. The van der Waals surface area contributed by atoms with Crippen LogP contribution in [0.3, 0.4) is 0 Å². The molecule has 0 saturated carbocycles. The van der Waals surface area contributed by atoms with Crippen LogP contribution in [0.15, 0.2) is 107 Å². The van der Waals surface area contributed by atoms with Crippen molar-refractivity contribution in [2.45, 2.75) is 116 Å². The van der Waals surface area contributed by atoms with Gasteiger partial charge in [-0.25, -0.2) is 19.4 Å². The molecule has 0 bridgehead atoms. The number of fused-ring (bicyclic) bond motifs is 1. The van der Waals surface area contributed by atoms with E-state index in [1.807, 2.05) is 48.5 Å². The van der Waals surface area contributed by atoms with E-state index in [0.717, 1.165) is 40.2 Å². The molecule has 2 fully saturated rings. The van der Waals surface area contributed by atoms with Gasteiger partial charge in [0.15, 0.2) is 22.3 Å². The molecule has 1 unspecified atom stereocenters. The maximum atomic E-state index is 14.7. The Bertz CT molecular complexity index is 3510. The number of nitrogens with zero attached hydrogens (tertiary/aromatic N) is 4. The van der Waals surface area contributed by atoms with E-state index in [-0.39, 0.29) is 95.5 Å². The highest BCUT2D eigenvalue weighted by atomic mass is 127. The SMILES string of the molecule is COc1ccc(COC(=O)C2=C(C[N+]3(CCNC(=O)c4ccc(OCc5ccc(OC)cc5)c(OCc5ccc(OC)cc5)c4Cl)CCCC3)CS(=O)[C@@H]3[C@H](NC(=O)/C(=N\OC(C)(C)C(=O)OC(C)(C)C)c4csc(NC(=O)OC(C)(C)C)n4)C(=O)N23)cc1.[I-]. The first kappa shape index (κ1) is 69.9. The summed E-state index contributed by atoms with van der Waals surface area (Å²) in [5, 5.41) is 12.5. The highest BCUT2D eigenvalue weighted by Crippen LogP contribution is 2.40. The number of ether oxygens (including phenoxy) is 8. The minimum Gasteiger partial charge on any atom is -1.00 e. The zero-order chi connectivity index (χ0) is 64.4. The van der Waals surface area contributed by atoms with E-state index in [1.165, 1.54) is 26.3 Å². The van der Waals surface area contributed by atoms with Crippen LogP contribution >= 0.6 is 22.9 Å². The number of nitrogens with one attached hydrogen (secondary N) is 3. The number of hydrogen-bond donors (Lipinski definition) is 3. The molecule has 5 aromatic rings. The van der Waals surface area contributed by atoms with E-state index >= 15 is 0 Å². The standard InChI is InChI=1S/C63H74ClN7O16S2.HI/c1-61(2,3)85-58(76)63(7,8)87-69-49(46-36-88-59(66-46)68-60(77)86-62(4,5)6)54(73)67-50-55(74)70-51(57(75)84-35-40-18-24-44(81-11)25-19-40)41(37-89(78)56(50)70)32-71(29-12-13-30-71)31-28-65-53(72)45-26-27-47(82-33-38-14-20-42(79-9)21-15-38)52(48(45)64)83-34-39-16-22-43(80-10)23-17-39;/h14-27,36,50,56H,12-13,28-35,37H2,1-11H3,(H2-,65,66,67,68,72,73,77);1H/b69-49-;/t50-,56-,89?;/m1./s1. The number of thiazole rings is 1. The van der Waals surface area contributed by atoms with Gasteiger partial charge in [-0.15, -0.1) is 11.3 Å². The van der Waals surface area contributed by atoms with Crippen LogP contribution in [0.5, 0.6) is 28.7 Å². The Balaban J connectivity index is 0.0000115. The first-order chi connectivity index (χ1) is 42.2. The van der Waals surface area contributed by atoms with Crippen molar-refractivity contribution in [3.8, 4) is 28.7 Å². The molecule has 27 heteroatoms. The second-order valence-corrected chi connectivity index (χ2v) is 26.6. The fourth-order valence-corrected chi connectivity index (χ4v) is 12.5. The number of methoxy groups -OCH3 is 3. The van der Waals surface area contributed by atoms with Crippen LogP contribution in [0.4, 0.5) is 9.93 Å². The smallest absolute Gasteiger partial charge is 0.413 e. The van der Waals surface area contributed by atoms with Gasteiger partial charge in [0.25, 0.3) is 17.7 Å². The van der Waals surface area contributed by atoms with Crippen molar-refractivity contribution in [1.82, 2.24) is 20.5 Å². The molecule has 3 N–H and O–H groups in total. The number of hydrogen-bond acceptors (Lipinski definition) is 19. The molecule has 3 atom stereocenters. The van der Waals surface area contributed by atoms with Crippen molar-refractivity contribution in [3.05, 3.63) is 135 Å². The zero-order valence-corrected chi connectivity index (χ0v) is 56.5. The van der Waals surface area contributed by atoms with Gasteiger partial charge in [-0.1, -0.05) is 53.2 Å². The first-order valence-corrected chi connectivity index (χ1v) is 31.3. The van der Waals surface area contributed by atoms with Gasteiger partial charge >= 0.3 is 18.0 Å². The van der Waals surface area contributed by atoms with Crippen molar-refractivity contribution in [2.24, 2.45) is 5.16 Å². The molecular formula is C63H75ClIN7O16S2. The largest absolute Gasteiger partial charge is 1.00 e. The van der Waals surface area contributed by atoms with Gasteiger partial charge < -0.3 is 81.8 Å². The molecule has 2 saturated heterocycles. The minimum atomic E-state index is -1.93. The molecule has 3 aliphatic heterocycles. The summed E-state index contributed by atoms with van der Waals surface area (Å²) in [5.74, 6) is -1.68. The molecule has 23 nitrogen and oxygen atoms in total. The van der Waals surface area contributed by atoms with E-state index < -0.39 is 80.5 Å². The number of esters is 2. The van der Waals surface area contributed by atoms with E-state index in [2.05, 4.69) is 26.1 Å². The van der Waals surface area contributed by atoms with Gasteiger partial charge in [-0.05, 0) is 121 Å². The molecule has 4 heterocycles. The van der Waals surface area contributed by atoms with Crippen LogP contribution in [0.2, 0.25) is 5.02 Å². The molecule has 0 spiro atoms. The third kappa shape index (κ3) is 17.9. The summed E-state index contributed by atoms with van der Waals surface area (Å²) < 4.78 is 60.3. The first-order valence-electron chi connectivity index (χ1n) is 28.6. The highest BCUT2D eigenvalue weighted by Gasteiger charge is 2.58. The maximum Gasteiger partial charge on any atom is 0.413 e.